The molecule has 0 unspecified atom stereocenters. The van der Waals surface area contributed by atoms with Gasteiger partial charge in [0.1, 0.15) is 12.1 Å². The van der Waals surface area contributed by atoms with Crippen LogP contribution in [-0.2, 0) is 4.79 Å². The maximum Gasteiger partial charge on any atom is 0.142 e. The van der Waals surface area contributed by atoms with Gasteiger partial charge in [0.05, 0.1) is 0 Å². The van der Waals surface area contributed by atoms with Crippen LogP contribution in [-0.4, -0.2) is 25.4 Å². The number of allylic oxidation sites excluding steroid dienone is 1. The molecule has 1 aromatic heterocycles. The number of rotatable bonds is 3. The number of pyridine rings is 1. The van der Waals surface area contributed by atoms with E-state index in [0.29, 0.717) is 0 Å². The number of hydrogen-bond acceptors (Lipinski definition) is 3. The minimum atomic E-state index is 0.756. The van der Waals surface area contributed by atoms with Crippen molar-refractivity contribution in [2.24, 2.45) is 0 Å². The average molecular weight is 176 g/mol. The molecule has 0 amide bonds. The topological polar surface area (TPSA) is 33.2 Å². The highest BCUT2D eigenvalue weighted by Gasteiger charge is 2.00. The van der Waals surface area contributed by atoms with Crippen LogP contribution in [0.4, 0.5) is 5.82 Å². The Labute approximate surface area is 77.7 Å². The van der Waals surface area contributed by atoms with E-state index in [2.05, 4.69) is 4.98 Å². The van der Waals surface area contributed by atoms with E-state index in [1.54, 1.807) is 12.3 Å². The van der Waals surface area contributed by atoms with E-state index < -0.39 is 0 Å². The molecular weight excluding hydrogens is 164 g/mol. The summed E-state index contributed by atoms with van der Waals surface area (Å²) >= 11 is 0. The largest absolute Gasteiger partial charge is 0.362 e. The Morgan fingerprint density at radius 1 is 1.46 bits per heavy atom. The van der Waals surface area contributed by atoms with Crippen LogP contribution in [0.5, 0.6) is 0 Å². The molecule has 0 aromatic carbocycles. The Morgan fingerprint density at radius 2 is 2.23 bits per heavy atom. The van der Waals surface area contributed by atoms with E-state index in [1.807, 2.05) is 31.1 Å². The summed E-state index contributed by atoms with van der Waals surface area (Å²) in [7, 11) is 3.83. The molecule has 0 saturated carbocycles. The number of anilines is 1. The Kier molecular flexibility index (Phi) is 3.20. The van der Waals surface area contributed by atoms with Gasteiger partial charge >= 0.3 is 0 Å². The summed E-state index contributed by atoms with van der Waals surface area (Å²) in [6.45, 7) is 0. The van der Waals surface area contributed by atoms with Gasteiger partial charge in [-0.05, 0) is 24.3 Å². The molecule has 0 fully saturated rings. The first-order valence-electron chi connectivity index (χ1n) is 4.00. The lowest BCUT2D eigenvalue weighted by molar-refractivity contribution is -0.104. The molecule has 68 valence electrons. The van der Waals surface area contributed by atoms with Gasteiger partial charge < -0.3 is 4.90 Å². The summed E-state index contributed by atoms with van der Waals surface area (Å²) in [5.41, 5.74) is 0.944. The molecule has 1 rings (SSSR count). The molecular formula is C10H12N2O. The van der Waals surface area contributed by atoms with E-state index in [-0.39, 0.29) is 0 Å². The van der Waals surface area contributed by atoms with Crippen LogP contribution in [0.25, 0.3) is 6.08 Å². The predicted molar refractivity (Wildman–Crippen MR) is 53.7 cm³/mol. The second kappa shape index (κ2) is 4.40. The molecule has 1 aromatic rings. The van der Waals surface area contributed by atoms with Crippen LogP contribution in [0.3, 0.4) is 0 Å². The second-order valence-corrected chi connectivity index (χ2v) is 2.81. The fourth-order valence-corrected chi connectivity index (χ4v) is 1.06. The van der Waals surface area contributed by atoms with Gasteiger partial charge in [0.15, 0.2) is 0 Å². The predicted octanol–water partition coefficient (Wildman–Crippen LogP) is 1.36. The van der Waals surface area contributed by atoms with Crippen LogP contribution in [0.1, 0.15) is 5.56 Å². The molecule has 3 heteroatoms. The number of nitrogens with zero attached hydrogens (tertiary/aromatic N) is 2. The summed E-state index contributed by atoms with van der Waals surface area (Å²) in [6, 6.07) is 3.76. The van der Waals surface area contributed by atoms with E-state index in [0.717, 1.165) is 17.7 Å². The molecule has 0 bridgehead atoms. The van der Waals surface area contributed by atoms with Crippen LogP contribution in [0.15, 0.2) is 24.4 Å². The smallest absolute Gasteiger partial charge is 0.142 e. The highest BCUT2D eigenvalue weighted by molar-refractivity contribution is 5.76. The molecule has 0 spiro atoms. The van der Waals surface area contributed by atoms with Gasteiger partial charge in [-0.25, -0.2) is 4.98 Å². The van der Waals surface area contributed by atoms with Crippen molar-refractivity contribution in [3.63, 3.8) is 0 Å². The first-order valence-corrected chi connectivity index (χ1v) is 4.00. The van der Waals surface area contributed by atoms with Crippen molar-refractivity contribution in [3.8, 4) is 0 Å². The van der Waals surface area contributed by atoms with Gasteiger partial charge in [-0.2, -0.15) is 0 Å². The fourth-order valence-electron chi connectivity index (χ4n) is 1.06. The van der Waals surface area contributed by atoms with Crippen molar-refractivity contribution in [1.82, 2.24) is 4.98 Å². The van der Waals surface area contributed by atoms with E-state index in [4.69, 9.17) is 0 Å². The summed E-state index contributed by atoms with van der Waals surface area (Å²) in [4.78, 5) is 16.2. The van der Waals surface area contributed by atoms with Crippen LogP contribution in [0.2, 0.25) is 0 Å². The van der Waals surface area contributed by atoms with Crippen LogP contribution < -0.4 is 4.90 Å². The molecule has 0 radical (unpaired) electrons. The van der Waals surface area contributed by atoms with Gasteiger partial charge in [0.2, 0.25) is 0 Å². The quantitative estimate of drug-likeness (QED) is 0.515. The van der Waals surface area contributed by atoms with Crippen molar-refractivity contribution in [2.75, 3.05) is 19.0 Å². The maximum atomic E-state index is 10.1. The summed E-state index contributed by atoms with van der Waals surface area (Å²) < 4.78 is 0. The van der Waals surface area contributed by atoms with Gasteiger partial charge in [0, 0.05) is 25.9 Å². The Hall–Kier alpha value is -1.64. The Balaban J connectivity index is 3.04. The first-order chi connectivity index (χ1) is 6.25. The SMILES string of the molecule is CN(C)c1ncccc1/C=C/C=O. The Morgan fingerprint density at radius 3 is 2.85 bits per heavy atom. The zero-order valence-electron chi connectivity index (χ0n) is 7.77. The fraction of sp³-hybridized carbons (Fsp3) is 0.200. The molecule has 13 heavy (non-hydrogen) atoms. The van der Waals surface area contributed by atoms with Crippen molar-refractivity contribution in [2.45, 2.75) is 0 Å². The zero-order chi connectivity index (χ0) is 9.68. The maximum absolute atomic E-state index is 10.1. The summed E-state index contributed by atoms with van der Waals surface area (Å²) in [5, 5.41) is 0. The van der Waals surface area contributed by atoms with E-state index in [1.165, 1.54) is 6.08 Å². The molecule has 0 aliphatic heterocycles. The van der Waals surface area contributed by atoms with E-state index in [9.17, 15) is 4.79 Å². The summed E-state index contributed by atoms with van der Waals surface area (Å²) in [6.07, 6.45) is 5.69. The van der Waals surface area contributed by atoms with Crippen LogP contribution in [0, 0.1) is 0 Å². The van der Waals surface area contributed by atoms with Crippen molar-refractivity contribution < 1.29 is 4.79 Å². The van der Waals surface area contributed by atoms with Gasteiger partial charge in [-0.15, -0.1) is 0 Å². The molecule has 0 N–H and O–H groups in total. The Bertz CT molecular complexity index is 318. The molecule has 1 heterocycles. The first kappa shape index (κ1) is 9.45. The lowest BCUT2D eigenvalue weighted by atomic mass is 10.2. The normalized spacial score (nSPS) is 10.3. The lowest BCUT2D eigenvalue weighted by Gasteiger charge is -2.13. The molecule has 0 atom stereocenters. The minimum absolute atomic E-state index is 0.756. The minimum Gasteiger partial charge on any atom is -0.362 e. The third-order valence-electron chi connectivity index (χ3n) is 1.59. The number of aldehydes is 1. The van der Waals surface area contributed by atoms with Gasteiger partial charge in [-0.3, -0.25) is 4.79 Å². The molecule has 0 saturated heterocycles. The van der Waals surface area contributed by atoms with Gasteiger partial charge in [0.25, 0.3) is 0 Å². The molecule has 0 aliphatic carbocycles. The third kappa shape index (κ3) is 2.40. The third-order valence-corrected chi connectivity index (χ3v) is 1.59. The highest BCUT2D eigenvalue weighted by Crippen LogP contribution is 2.15. The molecule has 0 aliphatic rings. The number of carbonyl (C=O) groups is 1. The average Bonchev–Trinajstić information content (AvgIpc) is 2.15. The van der Waals surface area contributed by atoms with Crippen molar-refractivity contribution in [1.29, 1.82) is 0 Å². The van der Waals surface area contributed by atoms with E-state index >= 15 is 0 Å². The van der Waals surface area contributed by atoms with Crippen molar-refractivity contribution in [3.05, 3.63) is 30.0 Å². The second-order valence-electron chi connectivity index (χ2n) is 2.81. The number of hydrogen-bond donors (Lipinski definition) is 0. The van der Waals surface area contributed by atoms with Crippen LogP contribution >= 0.6 is 0 Å². The van der Waals surface area contributed by atoms with Crippen molar-refractivity contribution >= 4 is 18.2 Å². The number of aromatic nitrogens is 1. The highest BCUT2D eigenvalue weighted by atomic mass is 16.1. The lowest BCUT2D eigenvalue weighted by Crippen LogP contribution is -2.11. The number of carbonyl (C=O) groups excluding carboxylic acids is 1. The molecule has 3 nitrogen and oxygen atoms in total. The standard InChI is InChI=1S/C10H12N2O/c1-12(2)10-9(6-4-8-13)5-3-7-11-10/h3-8H,1-2H3/b6-4+. The zero-order valence-corrected chi connectivity index (χ0v) is 7.77. The summed E-state index contributed by atoms with van der Waals surface area (Å²) in [5.74, 6) is 0.862. The monoisotopic (exact) mass is 176 g/mol. The van der Waals surface area contributed by atoms with Gasteiger partial charge in [-0.1, -0.05) is 0 Å².